The lowest BCUT2D eigenvalue weighted by Gasteiger charge is -2.18. The van der Waals surface area contributed by atoms with Gasteiger partial charge >= 0.3 is 11.9 Å². The normalized spacial score (nSPS) is 10.8. The van der Waals surface area contributed by atoms with Crippen molar-refractivity contribution in [2.75, 3.05) is 13.2 Å². The van der Waals surface area contributed by atoms with Crippen molar-refractivity contribution in [3.8, 4) is 28.4 Å². The van der Waals surface area contributed by atoms with E-state index in [-0.39, 0.29) is 18.6 Å². The van der Waals surface area contributed by atoms with E-state index in [4.69, 9.17) is 14.2 Å². The number of hydrogen-bond donors (Lipinski definition) is 2. The first-order valence-corrected chi connectivity index (χ1v) is 14.1. The summed E-state index contributed by atoms with van der Waals surface area (Å²) in [5.74, 6) is 0.0306. The molecule has 0 heterocycles. The fourth-order valence-electron chi connectivity index (χ4n) is 4.39. The third-order valence-corrected chi connectivity index (χ3v) is 6.53. The van der Waals surface area contributed by atoms with Gasteiger partial charge in [0.15, 0.2) is 11.5 Å². The first-order valence-electron chi connectivity index (χ1n) is 14.1. The second-order valence-corrected chi connectivity index (χ2v) is 9.75. The monoisotopic (exact) mass is 548 g/mol. The molecule has 0 aromatic heterocycles. The molecule has 0 bridgehead atoms. The number of aryl methyl sites for hydroxylation is 1. The summed E-state index contributed by atoms with van der Waals surface area (Å²) < 4.78 is 18.4. The van der Waals surface area contributed by atoms with E-state index < -0.39 is 11.9 Å². The number of unbranched alkanes of at least 4 members (excludes halogenated alkanes) is 4. The van der Waals surface area contributed by atoms with Crippen LogP contribution in [0.4, 0.5) is 0 Å². The Kier molecular flexibility index (Phi) is 12.4. The standard InChI is InChI=1S/C33H40O7/c1-3-5-7-19-38-28-17-15-24(21-30(28)39-20-8-6-4-2)23-40-29-14-10-11-25(16-18-31(34)35)32(29)26-12-9-13-27(22-26)33(36)37/h9-15,17,21-22H,3-8,16,18-20,23H2,1-2H3,(H,34,35)(H,36,37). The lowest BCUT2D eigenvalue weighted by atomic mass is 9.94. The van der Waals surface area contributed by atoms with Crippen LogP contribution in [0, 0.1) is 0 Å². The fraction of sp³-hybridized carbons (Fsp3) is 0.394. The average Bonchev–Trinajstić information content (AvgIpc) is 2.96. The number of carbonyl (C=O) groups is 2. The van der Waals surface area contributed by atoms with Crippen molar-refractivity contribution < 1.29 is 34.0 Å². The summed E-state index contributed by atoms with van der Waals surface area (Å²) in [7, 11) is 0. The highest BCUT2D eigenvalue weighted by Crippen LogP contribution is 2.36. The molecule has 0 amide bonds. The van der Waals surface area contributed by atoms with E-state index in [0.29, 0.717) is 42.3 Å². The van der Waals surface area contributed by atoms with E-state index >= 15 is 0 Å². The molecule has 40 heavy (non-hydrogen) atoms. The first-order chi connectivity index (χ1) is 19.4. The summed E-state index contributed by atoms with van der Waals surface area (Å²) in [5, 5.41) is 18.8. The van der Waals surface area contributed by atoms with Gasteiger partial charge in [-0.1, -0.05) is 69.9 Å². The van der Waals surface area contributed by atoms with Gasteiger partial charge in [0, 0.05) is 12.0 Å². The molecule has 3 rings (SSSR count). The summed E-state index contributed by atoms with van der Waals surface area (Å²) in [5.41, 5.74) is 3.17. The van der Waals surface area contributed by atoms with Gasteiger partial charge in [0.25, 0.3) is 0 Å². The summed E-state index contributed by atoms with van der Waals surface area (Å²) in [6, 6.07) is 17.9. The van der Waals surface area contributed by atoms with Crippen LogP contribution in [0.2, 0.25) is 0 Å². The van der Waals surface area contributed by atoms with Crippen LogP contribution in [0.1, 0.15) is 80.3 Å². The van der Waals surface area contributed by atoms with Crippen LogP contribution in [0.3, 0.4) is 0 Å². The van der Waals surface area contributed by atoms with Crippen molar-refractivity contribution in [3.05, 3.63) is 77.4 Å². The number of aliphatic carboxylic acids is 1. The molecule has 0 fully saturated rings. The van der Waals surface area contributed by atoms with Gasteiger partial charge in [-0.3, -0.25) is 4.79 Å². The molecule has 0 radical (unpaired) electrons. The Bertz CT molecular complexity index is 1250. The predicted octanol–water partition coefficient (Wildman–Crippen LogP) is 7.79. The van der Waals surface area contributed by atoms with Crippen LogP contribution >= 0.6 is 0 Å². The molecule has 0 saturated carbocycles. The Balaban J connectivity index is 1.87. The van der Waals surface area contributed by atoms with Crippen molar-refractivity contribution in [3.63, 3.8) is 0 Å². The van der Waals surface area contributed by atoms with Gasteiger partial charge < -0.3 is 24.4 Å². The minimum Gasteiger partial charge on any atom is -0.490 e. The lowest BCUT2D eigenvalue weighted by Crippen LogP contribution is -2.05. The van der Waals surface area contributed by atoms with Crippen LogP contribution in [-0.4, -0.2) is 35.4 Å². The third kappa shape index (κ3) is 9.33. The summed E-state index contributed by atoms with van der Waals surface area (Å²) in [4.78, 5) is 22.9. The number of aromatic carboxylic acids is 1. The van der Waals surface area contributed by atoms with Gasteiger partial charge in [-0.25, -0.2) is 4.79 Å². The first kappa shape index (κ1) is 30.5. The SMILES string of the molecule is CCCCCOc1ccc(COc2cccc(CCC(=O)O)c2-c2cccc(C(=O)O)c2)cc1OCCCCC. The maximum absolute atomic E-state index is 11.6. The molecule has 0 aliphatic carbocycles. The summed E-state index contributed by atoms with van der Waals surface area (Å²) in [6.45, 7) is 5.81. The zero-order valence-corrected chi connectivity index (χ0v) is 23.5. The van der Waals surface area contributed by atoms with Crippen LogP contribution in [0.25, 0.3) is 11.1 Å². The number of rotatable bonds is 18. The van der Waals surface area contributed by atoms with Crippen molar-refractivity contribution in [2.45, 2.75) is 71.8 Å². The van der Waals surface area contributed by atoms with Gasteiger partial charge in [-0.2, -0.15) is 0 Å². The number of carboxylic acids is 2. The van der Waals surface area contributed by atoms with Gasteiger partial charge in [-0.05, 0) is 66.3 Å². The summed E-state index contributed by atoms with van der Waals surface area (Å²) in [6.07, 6.45) is 6.64. The van der Waals surface area contributed by atoms with Crippen LogP contribution in [-0.2, 0) is 17.8 Å². The Morgan fingerprint density at radius 3 is 2.10 bits per heavy atom. The maximum atomic E-state index is 11.6. The van der Waals surface area contributed by atoms with E-state index in [1.54, 1.807) is 12.1 Å². The summed E-state index contributed by atoms with van der Waals surface area (Å²) >= 11 is 0. The van der Waals surface area contributed by atoms with Crippen molar-refractivity contribution in [2.24, 2.45) is 0 Å². The van der Waals surface area contributed by atoms with E-state index in [1.165, 1.54) is 6.07 Å². The minimum absolute atomic E-state index is 0.0481. The topological polar surface area (TPSA) is 102 Å². The lowest BCUT2D eigenvalue weighted by molar-refractivity contribution is -0.136. The smallest absolute Gasteiger partial charge is 0.335 e. The number of hydrogen-bond acceptors (Lipinski definition) is 5. The molecule has 214 valence electrons. The number of ether oxygens (including phenoxy) is 3. The zero-order chi connectivity index (χ0) is 28.7. The molecule has 3 aromatic carbocycles. The second kappa shape index (κ2) is 16.2. The molecule has 0 atom stereocenters. The molecule has 3 aromatic rings. The third-order valence-electron chi connectivity index (χ3n) is 6.53. The van der Waals surface area contributed by atoms with Crippen LogP contribution < -0.4 is 14.2 Å². The Morgan fingerprint density at radius 2 is 1.43 bits per heavy atom. The van der Waals surface area contributed by atoms with Gasteiger partial charge in [0.1, 0.15) is 12.4 Å². The van der Waals surface area contributed by atoms with Gasteiger partial charge in [0.2, 0.25) is 0 Å². The average molecular weight is 549 g/mol. The Labute approximate surface area is 236 Å². The van der Waals surface area contributed by atoms with E-state index in [1.807, 2.05) is 42.5 Å². The minimum atomic E-state index is -1.03. The molecule has 0 saturated heterocycles. The predicted molar refractivity (Wildman–Crippen MR) is 156 cm³/mol. The molecular weight excluding hydrogens is 508 g/mol. The van der Waals surface area contributed by atoms with Gasteiger partial charge in [0.05, 0.1) is 18.8 Å². The van der Waals surface area contributed by atoms with Crippen LogP contribution in [0.5, 0.6) is 17.2 Å². The quantitative estimate of drug-likeness (QED) is 0.156. The van der Waals surface area contributed by atoms with Crippen LogP contribution in [0.15, 0.2) is 60.7 Å². The van der Waals surface area contributed by atoms with E-state index in [2.05, 4.69) is 13.8 Å². The molecule has 0 unspecified atom stereocenters. The molecule has 0 aliphatic rings. The highest BCUT2D eigenvalue weighted by atomic mass is 16.5. The fourth-order valence-corrected chi connectivity index (χ4v) is 4.39. The largest absolute Gasteiger partial charge is 0.490 e. The number of carboxylic acid groups (broad SMARTS) is 2. The maximum Gasteiger partial charge on any atom is 0.335 e. The highest BCUT2D eigenvalue weighted by Gasteiger charge is 2.16. The van der Waals surface area contributed by atoms with E-state index in [0.717, 1.165) is 55.4 Å². The number of benzene rings is 3. The highest BCUT2D eigenvalue weighted by molar-refractivity contribution is 5.90. The van der Waals surface area contributed by atoms with Crippen molar-refractivity contribution in [1.82, 2.24) is 0 Å². The molecule has 0 aliphatic heterocycles. The molecule has 2 N–H and O–H groups in total. The second-order valence-electron chi connectivity index (χ2n) is 9.75. The molecule has 7 nitrogen and oxygen atoms in total. The van der Waals surface area contributed by atoms with Crippen molar-refractivity contribution in [1.29, 1.82) is 0 Å². The molecule has 0 spiro atoms. The van der Waals surface area contributed by atoms with Crippen molar-refractivity contribution >= 4 is 11.9 Å². The zero-order valence-electron chi connectivity index (χ0n) is 23.5. The Morgan fingerprint density at radius 1 is 0.725 bits per heavy atom. The molecule has 7 heteroatoms. The van der Waals surface area contributed by atoms with E-state index in [9.17, 15) is 19.8 Å². The Hall–Kier alpha value is -4.00. The molecular formula is C33H40O7. The van der Waals surface area contributed by atoms with Gasteiger partial charge in [-0.15, -0.1) is 0 Å².